The lowest BCUT2D eigenvalue weighted by atomic mass is 10.0. The molecule has 3 unspecified atom stereocenters. The Hall–Kier alpha value is -0.520. The molecule has 2 N–H and O–H groups in total. The minimum atomic E-state index is -0.604. The molecule has 2 rings (SSSR count). The van der Waals surface area contributed by atoms with Crippen molar-refractivity contribution in [3.8, 4) is 5.75 Å². The van der Waals surface area contributed by atoms with Crippen LogP contribution in [0, 0.1) is 5.92 Å². The molecule has 1 fully saturated rings. The highest BCUT2D eigenvalue weighted by Crippen LogP contribution is 2.28. The number of likely N-dealkylation sites (tertiary alicyclic amines) is 1. The van der Waals surface area contributed by atoms with E-state index >= 15 is 0 Å². The predicted molar refractivity (Wildman–Crippen MR) is 84.2 cm³/mol. The summed E-state index contributed by atoms with van der Waals surface area (Å²) in [7, 11) is 0. The third kappa shape index (κ3) is 5.01. The average molecular weight is 334 g/mol. The molecule has 1 aliphatic heterocycles. The number of ether oxygens (including phenoxy) is 1. The van der Waals surface area contributed by atoms with Crippen molar-refractivity contribution in [2.75, 3.05) is 26.2 Å². The van der Waals surface area contributed by atoms with E-state index in [2.05, 4.69) is 4.90 Å². The van der Waals surface area contributed by atoms with Crippen LogP contribution in [0.25, 0.3) is 0 Å². The van der Waals surface area contributed by atoms with Crippen molar-refractivity contribution in [2.45, 2.75) is 25.6 Å². The smallest absolute Gasteiger partial charge is 0.139 e. The summed E-state index contributed by atoms with van der Waals surface area (Å²) in [5.74, 6) is 0.770. The molecule has 0 radical (unpaired) electrons. The summed E-state index contributed by atoms with van der Waals surface area (Å²) in [6, 6.07) is 4.99. The first-order valence-electron chi connectivity index (χ1n) is 7.12. The Morgan fingerprint density at radius 2 is 2.14 bits per heavy atom. The summed E-state index contributed by atoms with van der Waals surface area (Å²) in [5, 5.41) is 20.6. The van der Waals surface area contributed by atoms with Crippen LogP contribution in [0.3, 0.4) is 0 Å². The first-order chi connectivity index (χ1) is 9.95. The quantitative estimate of drug-likeness (QED) is 0.839. The number of benzene rings is 1. The zero-order valence-corrected chi connectivity index (χ0v) is 13.5. The summed E-state index contributed by atoms with van der Waals surface area (Å²) < 4.78 is 5.52. The van der Waals surface area contributed by atoms with Gasteiger partial charge >= 0.3 is 0 Å². The fraction of sp³-hybridized carbons (Fsp3) is 0.600. The van der Waals surface area contributed by atoms with Crippen molar-refractivity contribution in [3.05, 3.63) is 28.2 Å². The molecular formula is C15H21Cl2NO3. The van der Waals surface area contributed by atoms with Crippen LogP contribution in [0.1, 0.15) is 13.3 Å². The van der Waals surface area contributed by atoms with Gasteiger partial charge in [-0.2, -0.15) is 0 Å². The zero-order valence-electron chi connectivity index (χ0n) is 12.0. The molecule has 1 aromatic rings. The molecule has 6 heteroatoms. The van der Waals surface area contributed by atoms with Gasteiger partial charge in [0.2, 0.25) is 0 Å². The molecule has 1 saturated heterocycles. The van der Waals surface area contributed by atoms with Crippen molar-refractivity contribution in [3.63, 3.8) is 0 Å². The van der Waals surface area contributed by atoms with E-state index in [4.69, 9.17) is 27.9 Å². The summed E-state index contributed by atoms with van der Waals surface area (Å²) in [6.45, 7) is 4.21. The van der Waals surface area contributed by atoms with Gasteiger partial charge < -0.3 is 19.8 Å². The Labute approximate surface area is 135 Å². The Morgan fingerprint density at radius 3 is 2.81 bits per heavy atom. The lowest BCUT2D eigenvalue weighted by Crippen LogP contribution is -2.35. The molecule has 0 spiro atoms. The van der Waals surface area contributed by atoms with E-state index in [1.54, 1.807) is 18.2 Å². The van der Waals surface area contributed by atoms with Crippen LogP contribution in [-0.4, -0.2) is 53.6 Å². The zero-order chi connectivity index (χ0) is 15.4. The van der Waals surface area contributed by atoms with Gasteiger partial charge in [-0.15, -0.1) is 0 Å². The van der Waals surface area contributed by atoms with Gasteiger partial charge in [0, 0.05) is 24.2 Å². The van der Waals surface area contributed by atoms with Crippen LogP contribution >= 0.6 is 23.2 Å². The molecule has 1 heterocycles. The SMILES string of the molecule is CC(O)C1CCN(CC(O)COc2cc(Cl)ccc2Cl)C1. The first kappa shape index (κ1) is 16.8. The number of β-amino-alcohol motifs (C(OH)–C–C–N with tert-alkyl or cyclic N) is 1. The largest absolute Gasteiger partial charge is 0.489 e. The molecule has 3 atom stereocenters. The van der Waals surface area contributed by atoms with Crippen molar-refractivity contribution in [1.82, 2.24) is 4.90 Å². The fourth-order valence-corrected chi connectivity index (χ4v) is 2.88. The Morgan fingerprint density at radius 1 is 1.38 bits per heavy atom. The van der Waals surface area contributed by atoms with E-state index in [-0.39, 0.29) is 12.7 Å². The maximum Gasteiger partial charge on any atom is 0.139 e. The minimum Gasteiger partial charge on any atom is -0.489 e. The predicted octanol–water partition coefficient (Wildman–Crippen LogP) is 2.44. The van der Waals surface area contributed by atoms with Gasteiger partial charge in [0.15, 0.2) is 0 Å². The van der Waals surface area contributed by atoms with Gasteiger partial charge in [0.1, 0.15) is 18.5 Å². The van der Waals surface area contributed by atoms with Crippen LogP contribution in [0.4, 0.5) is 0 Å². The summed E-state index contributed by atoms with van der Waals surface area (Å²) in [4.78, 5) is 2.14. The van der Waals surface area contributed by atoms with E-state index in [1.165, 1.54) is 0 Å². The highest BCUT2D eigenvalue weighted by atomic mass is 35.5. The van der Waals surface area contributed by atoms with E-state index < -0.39 is 6.10 Å². The molecule has 0 aromatic heterocycles. The third-order valence-corrected chi connectivity index (χ3v) is 4.33. The van der Waals surface area contributed by atoms with Crippen LogP contribution < -0.4 is 4.74 Å². The van der Waals surface area contributed by atoms with Gasteiger partial charge in [-0.1, -0.05) is 23.2 Å². The topological polar surface area (TPSA) is 52.9 Å². The van der Waals surface area contributed by atoms with Crippen molar-refractivity contribution >= 4 is 23.2 Å². The number of aliphatic hydroxyl groups is 2. The van der Waals surface area contributed by atoms with Crippen molar-refractivity contribution in [2.24, 2.45) is 5.92 Å². The second-order valence-corrected chi connectivity index (χ2v) is 6.43. The number of hydrogen-bond acceptors (Lipinski definition) is 4. The number of halogens is 2. The molecular weight excluding hydrogens is 313 g/mol. The lowest BCUT2D eigenvalue weighted by molar-refractivity contribution is 0.0697. The van der Waals surface area contributed by atoms with E-state index in [0.717, 1.165) is 19.5 Å². The standard InChI is InChI=1S/C15H21Cl2NO3/c1-10(19)11-4-5-18(7-11)8-13(20)9-21-15-6-12(16)2-3-14(15)17/h2-3,6,10-11,13,19-20H,4-5,7-9H2,1H3. The van der Waals surface area contributed by atoms with Gasteiger partial charge in [-0.3, -0.25) is 0 Å². The molecule has 0 amide bonds. The lowest BCUT2D eigenvalue weighted by Gasteiger charge is -2.21. The number of hydrogen-bond donors (Lipinski definition) is 2. The van der Waals surface area contributed by atoms with Crippen LogP contribution in [0.15, 0.2) is 18.2 Å². The third-order valence-electron chi connectivity index (χ3n) is 3.78. The Bertz CT molecular complexity index is 470. The average Bonchev–Trinajstić information content (AvgIpc) is 2.88. The second-order valence-electron chi connectivity index (χ2n) is 5.59. The highest BCUT2D eigenvalue weighted by molar-refractivity contribution is 6.34. The number of aliphatic hydroxyl groups excluding tert-OH is 2. The van der Waals surface area contributed by atoms with Gasteiger partial charge in [-0.05, 0) is 37.9 Å². The first-order valence-corrected chi connectivity index (χ1v) is 7.87. The van der Waals surface area contributed by atoms with Gasteiger partial charge in [-0.25, -0.2) is 0 Å². The molecule has 21 heavy (non-hydrogen) atoms. The molecule has 0 bridgehead atoms. The summed E-state index contributed by atoms with van der Waals surface area (Å²) in [6.07, 6.45) is 0.0622. The summed E-state index contributed by atoms with van der Waals surface area (Å²) in [5.41, 5.74) is 0. The minimum absolute atomic E-state index is 0.163. The van der Waals surface area contributed by atoms with Gasteiger partial charge in [0.05, 0.1) is 11.1 Å². The number of nitrogens with zero attached hydrogens (tertiary/aromatic N) is 1. The van der Waals surface area contributed by atoms with Crippen LogP contribution in [-0.2, 0) is 0 Å². The van der Waals surface area contributed by atoms with E-state index in [9.17, 15) is 10.2 Å². The normalized spacial score (nSPS) is 22.2. The Balaban J connectivity index is 1.77. The fourth-order valence-electron chi connectivity index (χ4n) is 2.55. The number of rotatable bonds is 6. The van der Waals surface area contributed by atoms with Crippen molar-refractivity contribution < 1.29 is 14.9 Å². The molecule has 118 valence electrons. The molecule has 4 nitrogen and oxygen atoms in total. The maximum absolute atomic E-state index is 10.1. The molecule has 0 saturated carbocycles. The summed E-state index contributed by atoms with van der Waals surface area (Å²) >= 11 is 11.9. The Kier molecular flexibility index (Phi) is 6.14. The van der Waals surface area contributed by atoms with Crippen LogP contribution in [0.2, 0.25) is 10.0 Å². The highest BCUT2D eigenvalue weighted by Gasteiger charge is 2.27. The maximum atomic E-state index is 10.1. The van der Waals surface area contributed by atoms with Gasteiger partial charge in [0.25, 0.3) is 0 Å². The van der Waals surface area contributed by atoms with E-state index in [0.29, 0.717) is 28.3 Å². The van der Waals surface area contributed by atoms with E-state index in [1.807, 2.05) is 6.92 Å². The molecule has 1 aromatic carbocycles. The van der Waals surface area contributed by atoms with Crippen molar-refractivity contribution in [1.29, 1.82) is 0 Å². The monoisotopic (exact) mass is 333 g/mol. The second kappa shape index (κ2) is 7.65. The van der Waals surface area contributed by atoms with Crippen LogP contribution in [0.5, 0.6) is 5.75 Å². The molecule has 1 aliphatic rings. The molecule has 0 aliphatic carbocycles.